The molecule has 0 radical (unpaired) electrons. The summed E-state index contributed by atoms with van der Waals surface area (Å²) in [6.07, 6.45) is -1.82. The fourth-order valence-electron chi connectivity index (χ4n) is 5.25. The number of rotatable bonds is 6. The number of carbonyl (C=O) groups is 2. The molecule has 11 nitrogen and oxygen atoms in total. The number of nitrogens with zero attached hydrogens (tertiary/aromatic N) is 6. The smallest absolute Gasteiger partial charge is 0.338 e. The number of nitrogens with two attached hydrogens (primary N) is 1. The van der Waals surface area contributed by atoms with E-state index in [0.717, 1.165) is 24.3 Å². The van der Waals surface area contributed by atoms with Gasteiger partial charge in [-0.2, -0.15) is 18.0 Å². The molecule has 0 aliphatic carbocycles. The van der Waals surface area contributed by atoms with Gasteiger partial charge in [0.25, 0.3) is 5.91 Å². The summed E-state index contributed by atoms with van der Waals surface area (Å²) in [5, 5.41) is 16.6. The Balaban J connectivity index is 1.24. The third-order valence-electron chi connectivity index (χ3n) is 7.33. The molecule has 3 heterocycles. The van der Waals surface area contributed by atoms with Crippen LogP contribution in [0.4, 0.5) is 17.6 Å². The minimum absolute atomic E-state index is 0.0543. The van der Waals surface area contributed by atoms with E-state index in [0.29, 0.717) is 30.5 Å². The average molecular weight is 608 g/mol. The predicted octanol–water partition coefficient (Wildman–Crippen LogP) is 2.08. The number of benzene rings is 2. The van der Waals surface area contributed by atoms with Crippen LogP contribution in [0.5, 0.6) is 0 Å². The summed E-state index contributed by atoms with van der Waals surface area (Å²) >= 11 is 0. The molecule has 0 saturated carbocycles. The standard InChI is InChI=1S/C26H25F4N7O4S/c1-15-32-34-37(33-15)14-17-8-20(26(28,29)30)4-2-16(17)3-7-24(38)35-10-18-12-36(13-19(18)11-35)25(39)22-6-5-21(9-23(22)27)42(31,40)41/h2-9,18-19H,10-14H2,1H3,(H2,31,40,41)/b7-3+/t18-,19-/m1/s1. The van der Waals surface area contributed by atoms with E-state index in [1.807, 2.05) is 0 Å². The normalized spacial score (nSPS) is 19.1. The van der Waals surface area contributed by atoms with Crippen molar-refractivity contribution < 1.29 is 35.6 Å². The molecule has 2 aliphatic rings. The third-order valence-corrected chi connectivity index (χ3v) is 8.24. The summed E-state index contributed by atoms with van der Waals surface area (Å²) in [6, 6.07) is 6.06. The molecule has 222 valence electrons. The van der Waals surface area contributed by atoms with E-state index in [1.165, 1.54) is 27.9 Å². The van der Waals surface area contributed by atoms with Crippen molar-refractivity contribution in [2.45, 2.75) is 24.5 Å². The number of alkyl halides is 3. The van der Waals surface area contributed by atoms with Crippen molar-refractivity contribution in [3.05, 3.63) is 76.4 Å². The van der Waals surface area contributed by atoms with Gasteiger partial charge in [-0.05, 0) is 59.7 Å². The quantitative estimate of drug-likeness (QED) is 0.334. The highest BCUT2D eigenvalue weighted by atomic mass is 32.2. The number of hydrogen-bond donors (Lipinski definition) is 1. The van der Waals surface area contributed by atoms with Gasteiger partial charge < -0.3 is 9.80 Å². The van der Waals surface area contributed by atoms with Crippen molar-refractivity contribution in [2.75, 3.05) is 26.2 Å². The van der Waals surface area contributed by atoms with Gasteiger partial charge in [0.1, 0.15) is 5.82 Å². The Morgan fingerprint density at radius 1 is 1.05 bits per heavy atom. The SMILES string of the molecule is Cc1nnn(Cc2cc(C(F)(F)F)ccc2/C=C/C(=O)N2C[C@@H]3CN(C(=O)c4ccc(S(N)(=O)=O)cc4F)C[C@H]3C2)n1. The minimum atomic E-state index is -4.55. The van der Waals surface area contributed by atoms with Crippen LogP contribution in [0.3, 0.4) is 0 Å². The number of likely N-dealkylation sites (tertiary alicyclic amines) is 2. The van der Waals surface area contributed by atoms with Gasteiger partial charge in [0.05, 0.1) is 22.6 Å². The molecule has 3 aromatic rings. The molecular weight excluding hydrogens is 582 g/mol. The van der Waals surface area contributed by atoms with Gasteiger partial charge in [-0.1, -0.05) is 6.07 Å². The molecule has 2 N–H and O–H groups in total. The molecule has 2 amide bonds. The van der Waals surface area contributed by atoms with Crippen molar-refractivity contribution >= 4 is 27.9 Å². The van der Waals surface area contributed by atoms with Crippen LogP contribution >= 0.6 is 0 Å². The number of tetrazole rings is 1. The predicted molar refractivity (Wildman–Crippen MR) is 139 cm³/mol. The lowest BCUT2D eigenvalue weighted by molar-refractivity contribution is -0.137. The number of fused-ring (bicyclic) bond motifs is 1. The molecular formula is C26H25F4N7O4S. The van der Waals surface area contributed by atoms with Crippen LogP contribution in [-0.4, -0.2) is 76.4 Å². The average Bonchev–Trinajstić information content (AvgIpc) is 3.61. The number of hydrogen-bond acceptors (Lipinski definition) is 7. The van der Waals surface area contributed by atoms with Gasteiger partial charge in [-0.15, -0.1) is 10.2 Å². The lowest BCUT2D eigenvalue weighted by Crippen LogP contribution is -2.35. The Hall–Kier alpha value is -4.18. The molecule has 2 fully saturated rings. The number of sulfonamides is 1. The van der Waals surface area contributed by atoms with Crippen LogP contribution in [0.25, 0.3) is 6.08 Å². The summed E-state index contributed by atoms with van der Waals surface area (Å²) in [4.78, 5) is 29.7. The number of halogens is 4. The largest absolute Gasteiger partial charge is 0.416 e. The van der Waals surface area contributed by atoms with Crippen LogP contribution in [0.1, 0.15) is 32.9 Å². The fourth-order valence-corrected chi connectivity index (χ4v) is 5.77. The molecule has 1 aromatic heterocycles. The maximum atomic E-state index is 14.5. The van der Waals surface area contributed by atoms with E-state index in [9.17, 15) is 35.6 Å². The number of carbonyl (C=O) groups excluding carboxylic acids is 2. The Morgan fingerprint density at radius 3 is 2.29 bits per heavy atom. The van der Waals surface area contributed by atoms with Gasteiger partial charge in [0, 0.05) is 44.1 Å². The van der Waals surface area contributed by atoms with Crippen LogP contribution in [-0.2, 0) is 27.5 Å². The zero-order valence-corrected chi connectivity index (χ0v) is 22.9. The summed E-state index contributed by atoms with van der Waals surface area (Å²) in [5.41, 5.74) is -0.479. The highest BCUT2D eigenvalue weighted by Gasteiger charge is 2.43. The lowest BCUT2D eigenvalue weighted by atomic mass is 10.0. The molecule has 16 heteroatoms. The number of aryl methyl sites for hydroxylation is 1. The fraction of sp³-hybridized carbons (Fsp3) is 0.346. The number of aromatic nitrogens is 4. The van der Waals surface area contributed by atoms with E-state index in [1.54, 1.807) is 11.8 Å². The first-order valence-electron chi connectivity index (χ1n) is 12.7. The summed E-state index contributed by atoms with van der Waals surface area (Å²) < 4.78 is 77.4. The molecule has 5 rings (SSSR count). The maximum absolute atomic E-state index is 14.5. The van der Waals surface area contributed by atoms with Crippen LogP contribution in [0, 0.1) is 24.6 Å². The monoisotopic (exact) mass is 607 g/mol. The molecule has 0 unspecified atom stereocenters. The zero-order chi connectivity index (χ0) is 30.4. The van der Waals surface area contributed by atoms with Crippen molar-refractivity contribution in [1.29, 1.82) is 0 Å². The lowest BCUT2D eigenvalue weighted by Gasteiger charge is -2.21. The molecule has 2 saturated heterocycles. The molecule has 0 spiro atoms. The number of amides is 2. The molecule has 2 aromatic carbocycles. The van der Waals surface area contributed by atoms with Crippen LogP contribution in [0.2, 0.25) is 0 Å². The van der Waals surface area contributed by atoms with Gasteiger partial charge in [-0.3, -0.25) is 9.59 Å². The first kappa shape index (κ1) is 29.3. The zero-order valence-electron chi connectivity index (χ0n) is 22.1. The summed E-state index contributed by atoms with van der Waals surface area (Å²) in [6.45, 7) is 2.75. The third kappa shape index (κ3) is 6.18. The molecule has 0 bridgehead atoms. The summed E-state index contributed by atoms with van der Waals surface area (Å²) in [5.74, 6) is -1.68. The van der Waals surface area contributed by atoms with E-state index >= 15 is 0 Å². The highest BCUT2D eigenvalue weighted by molar-refractivity contribution is 7.89. The Morgan fingerprint density at radius 2 is 1.71 bits per heavy atom. The maximum Gasteiger partial charge on any atom is 0.416 e. The minimum Gasteiger partial charge on any atom is -0.338 e. The van der Waals surface area contributed by atoms with Gasteiger partial charge in [0.15, 0.2) is 5.82 Å². The van der Waals surface area contributed by atoms with E-state index in [2.05, 4.69) is 15.4 Å². The molecule has 42 heavy (non-hydrogen) atoms. The number of primary sulfonamides is 1. The van der Waals surface area contributed by atoms with Gasteiger partial charge in [0.2, 0.25) is 15.9 Å². The Labute approximate surface area is 237 Å². The second-order valence-corrected chi connectivity index (χ2v) is 11.8. The first-order chi connectivity index (χ1) is 19.7. The van der Waals surface area contributed by atoms with E-state index in [4.69, 9.17) is 5.14 Å². The van der Waals surface area contributed by atoms with Crippen molar-refractivity contribution in [2.24, 2.45) is 17.0 Å². The topological polar surface area (TPSA) is 144 Å². The second kappa shape index (κ2) is 10.9. The van der Waals surface area contributed by atoms with Crippen LogP contribution < -0.4 is 5.14 Å². The second-order valence-electron chi connectivity index (χ2n) is 10.3. The Kier molecular flexibility index (Phi) is 7.61. The first-order valence-corrected chi connectivity index (χ1v) is 14.3. The molecule has 2 aliphatic heterocycles. The van der Waals surface area contributed by atoms with E-state index < -0.39 is 38.4 Å². The van der Waals surface area contributed by atoms with Crippen molar-refractivity contribution in [3.8, 4) is 0 Å². The van der Waals surface area contributed by atoms with Crippen molar-refractivity contribution in [3.63, 3.8) is 0 Å². The van der Waals surface area contributed by atoms with E-state index in [-0.39, 0.29) is 48.5 Å². The van der Waals surface area contributed by atoms with Crippen LogP contribution in [0.15, 0.2) is 47.4 Å². The Bertz CT molecular complexity index is 1680. The van der Waals surface area contributed by atoms with Crippen molar-refractivity contribution in [1.82, 2.24) is 30.0 Å². The molecule has 2 atom stereocenters. The van der Waals surface area contributed by atoms with Gasteiger partial charge >= 0.3 is 6.18 Å². The van der Waals surface area contributed by atoms with Gasteiger partial charge in [-0.25, -0.2) is 17.9 Å². The highest BCUT2D eigenvalue weighted by Crippen LogP contribution is 2.33. The summed E-state index contributed by atoms with van der Waals surface area (Å²) in [7, 11) is -4.12.